The van der Waals surface area contributed by atoms with E-state index >= 15 is 0 Å². The summed E-state index contributed by atoms with van der Waals surface area (Å²) in [6, 6.07) is 21.4. The van der Waals surface area contributed by atoms with Gasteiger partial charge < -0.3 is 20.1 Å². The first kappa shape index (κ1) is 29.9. The van der Waals surface area contributed by atoms with Gasteiger partial charge in [0.15, 0.2) is 0 Å². The number of benzene rings is 3. The third kappa shape index (κ3) is 6.48. The lowest BCUT2D eigenvalue weighted by molar-refractivity contribution is -0.114. The van der Waals surface area contributed by atoms with E-state index in [0.717, 1.165) is 62.1 Å². The zero-order valence-corrected chi connectivity index (χ0v) is 26.5. The van der Waals surface area contributed by atoms with Crippen LogP contribution in [0.15, 0.2) is 60.7 Å². The van der Waals surface area contributed by atoms with Gasteiger partial charge in [-0.05, 0) is 58.4 Å². The van der Waals surface area contributed by atoms with Gasteiger partial charge in [0.25, 0.3) is 0 Å². The van der Waals surface area contributed by atoms with Crippen molar-refractivity contribution in [1.82, 2.24) is 9.97 Å². The fourth-order valence-corrected chi connectivity index (χ4v) is 5.04. The molecule has 1 heterocycles. The van der Waals surface area contributed by atoms with Gasteiger partial charge in [0.2, 0.25) is 5.91 Å². The number of hydrogen-bond acceptors (Lipinski definition) is 4. The molecule has 0 aliphatic carbocycles. The summed E-state index contributed by atoms with van der Waals surface area (Å²) in [6.45, 7) is 14.7. The number of imidazole rings is 1. The maximum Gasteiger partial charge on any atom is 0.221 e. The molecule has 0 fully saturated rings. The van der Waals surface area contributed by atoms with Crippen LogP contribution in [-0.4, -0.2) is 44.1 Å². The van der Waals surface area contributed by atoms with Crippen LogP contribution in [0, 0.1) is 0 Å². The van der Waals surface area contributed by atoms with E-state index in [1.807, 2.05) is 28.2 Å². The summed E-state index contributed by atoms with van der Waals surface area (Å²) in [5.41, 5.74) is 9.94. The van der Waals surface area contributed by atoms with Crippen LogP contribution in [0.5, 0.6) is 0 Å². The van der Waals surface area contributed by atoms with Gasteiger partial charge in [-0.25, -0.2) is 4.98 Å². The van der Waals surface area contributed by atoms with Gasteiger partial charge in [0, 0.05) is 68.9 Å². The topological polar surface area (TPSA) is 64.3 Å². The second kappa shape index (κ2) is 11.1. The van der Waals surface area contributed by atoms with E-state index in [1.165, 1.54) is 0 Å². The number of H-pyrrole nitrogens is 1. The Labute approximate surface area is 245 Å². The molecule has 4 rings (SSSR count). The van der Waals surface area contributed by atoms with Gasteiger partial charge in [-0.2, -0.15) is 0 Å². The number of rotatable bonds is 6. The molecule has 3 aromatic carbocycles. The average molecular weight is 552 g/mol. The van der Waals surface area contributed by atoms with Gasteiger partial charge in [-0.15, -0.1) is 0 Å². The summed E-state index contributed by atoms with van der Waals surface area (Å²) >= 11 is 0. The molecule has 4 aromatic rings. The van der Waals surface area contributed by atoms with Crippen molar-refractivity contribution in [2.75, 3.05) is 43.3 Å². The molecule has 0 unspecified atom stereocenters. The monoisotopic (exact) mass is 551 g/mol. The zero-order valence-electron chi connectivity index (χ0n) is 26.5. The number of amides is 1. The van der Waals surface area contributed by atoms with Crippen molar-refractivity contribution < 1.29 is 4.79 Å². The molecular formula is C35H45N5O. The Hall–Kier alpha value is -4.06. The van der Waals surface area contributed by atoms with Gasteiger partial charge >= 0.3 is 0 Å². The fourth-order valence-electron chi connectivity index (χ4n) is 5.04. The molecule has 0 spiro atoms. The quantitative estimate of drug-likeness (QED) is 0.254. The third-order valence-corrected chi connectivity index (χ3v) is 7.36. The van der Waals surface area contributed by atoms with Gasteiger partial charge in [-0.1, -0.05) is 65.8 Å². The van der Waals surface area contributed by atoms with Crippen LogP contribution in [0.1, 0.15) is 59.6 Å². The highest BCUT2D eigenvalue weighted by molar-refractivity contribution is 5.92. The standard InChI is InChI=1S/C35H45N5O/c1-22(41)36-32-28(34(2,3)4)20-25(21-29(32)35(5,6)7)33-37-30(23-12-16-26(17-13-23)39(8)9)31(38-33)24-14-18-27(19-15-24)40(10)11/h12-21H,1-11H3,(H,36,41)(H,37,38). The van der Waals surface area contributed by atoms with Crippen LogP contribution >= 0.6 is 0 Å². The van der Waals surface area contributed by atoms with Crippen LogP contribution in [0.25, 0.3) is 33.9 Å². The molecule has 6 nitrogen and oxygen atoms in total. The summed E-state index contributed by atoms with van der Waals surface area (Å²) < 4.78 is 0. The molecule has 0 bridgehead atoms. The summed E-state index contributed by atoms with van der Waals surface area (Å²) in [6.07, 6.45) is 0. The number of carbonyl (C=O) groups excluding carboxylic acids is 1. The van der Waals surface area contributed by atoms with E-state index in [9.17, 15) is 4.79 Å². The van der Waals surface area contributed by atoms with Gasteiger partial charge in [0.1, 0.15) is 5.82 Å². The van der Waals surface area contributed by atoms with Crippen molar-refractivity contribution in [3.8, 4) is 33.9 Å². The Kier molecular flexibility index (Phi) is 8.08. The Balaban J connectivity index is 1.98. The minimum atomic E-state index is -0.198. The first-order chi connectivity index (χ1) is 19.1. The van der Waals surface area contributed by atoms with Crippen LogP contribution in [-0.2, 0) is 15.6 Å². The molecule has 1 aromatic heterocycles. The van der Waals surface area contributed by atoms with Crippen LogP contribution in [0.2, 0.25) is 0 Å². The smallest absolute Gasteiger partial charge is 0.221 e. The third-order valence-electron chi connectivity index (χ3n) is 7.36. The summed E-state index contributed by atoms with van der Waals surface area (Å²) in [7, 11) is 8.18. The number of anilines is 3. The van der Waals surface area contributed by atoms with Gasteiger partial charge in [-0.3, -0.25) is 4.79 Å². The first-order valence-electron chi connectivity index (χ1n) is 14.2. The van der Waals surface area contributed by atoms with Crippen molar-refractivity contribution in [2.45, 2.75) is 59.3 Å². The number of aromatic nitrogens is 2. The molecule has 0 saturated heterocycles. The van der Waals surface area contributed by atoms with E-state index in [2.05, 4.69) is 122 Å². The first-order valence-corrected chi connectivity index (χ1v) is 14.2. The van der Waals surface area contributed by atoms with Crippen LogP contribution in [0.4, 0.5) is 17.1 Å². The van der Waals surface area contributed by atoms with Crippen LogP contribution < -0.4 is 15.1 Å². The molecular weight excluding hydrogens is 506 g/mol. The number of hydrogen-bond donors (Lipinski definition) is 2. The average Bonchev–Trinajstić information content (AvgIpc) is 3.32. The van der Waals surface area contributed by atoms with Crippen molar-refractivity contribution in [1.29, 1.82) is 0 Å². The highest BCUT2D eigenvalue weighted by Gasteiger charge is 2.28. The van der Waals surface area contributed by atoms with E-state index < -0.39 is 0 Å². The van der Waals surface area contributed by atoms with Crippen molar-refractivity contribution in [3.63, 3.8) is 0 Å². The molecule has 0 aliphatic heterocycles. The SMILES string of the molecule is CC(=O)Nc1c(C(C)(C)C)cc(-c2nc(-c3ccc(N(C)C)cc3)c(-c3ccc(N(C)C)cc3)[nH]2)cc1C(C)(C)C. The van der Waals surface area contributed by atoms with E-state index in [-0.39, 0.29) is 16.7 Å². The Morgan fingerprint density at radius 2 is 1.15 bits per heavy atom. The van der Waals surface area contributed by atoms with E-state index in [0.29, 0.717) is 0 Å². The fraction of sp³-hybridized carbons (Fsp3) is 0.371. The lowest BCUT2D eigenvalue weighted by atomic mass is 9.77. The second-order valence-corrected chi connectivity index (χ2v) is 13.3. The second-order valence-electron chi connectivity index (χ2n) is 13.3. The molecule has 0 radical (unpaired) electrons. The van der Waals surface area contributed by atoms with Crippen molar-refractivity contribution in [3.05, 3.63) is 71.8 Å². The Morgan fingerprint density at radius 1 is 0.707 bits per heavy atom. The minimum Gasteiger partial charge on any atom is -0.378 e. The predicted molar refractivity (Wildman–Crippen MR) is 175 cm³/mol. The van der Waals surface area contributed by atoms with E-state index in [1.54, 1.807) is 6.92 Å². The molecule has 0 atom stereocenters. The number of nitrogens with one attached hydrogen (secondary N) is 2. The zero-order chi connectivity index (χ0) is 30.3. The number of nitrogens with zero attached hydrogens (tertiary/aromatic N) is 3. The molecule has 216 valence electrons. The van der Waals surface area contributed by atoms with Crippen molar-refractivity contribution in [2.24, 2.45) is 0 Å². The largest absolute Gasteiger partial charge is 0.378 e. The van der Waals surface area contributed by atoms with E-state index in [4.69, 9.17) is 4.98 Å². The molecule has 0 saturated carbocycles. The molecule has 1 amide bonds. The lowest BCUT2D eigenvalue weighted by Gasteiger charge is -2.30. The molecule has 2 N–H and O–H groups in total. The summed E-state index contributed by atoms with van der Waals surface area (Å²) in [5.74, 6) is 0.729. The maximum absolute atomic E-state index is 12.3. The van der Waals surface area contributed by atoms with Crippen LogP contribution in [0.3, 0.4) is 0 Å². The Bertz CT molecular complexity index is 1430. The molecule has 0 aliphatic rings. The highest BCUT2D eigenvalue weighted by atomic mass is 16.1. The van der Waals surface area contributed by atoms with Crippen molar-refractivity contribution >= 4 is 23.0 Å². The number of carbonyl (C=O) groups is 1. The normalized spacial score (nSPS) is 11.9. The predicted octanol–water partition coefficient (Wildman–Crippen LogP) is 8.10. The maximum atomic E-state index is 12.3. The Morgan fingerprint density at radius 3 is 1.54 bits per heavy atom. The highest BCUT2D eigenvalue weighted by Crippen LogP contribution is 2.42. The summed E-state index contributed by atoms with van der Waals surface area (Å²) in [5, 5.41) is 3.15. The lowest BCUT2D eigenvalue weighted by Crippen LogP contribution is -2.23. The number of aromatic amines is 1. The molecule has 6 heteroatoms. The minimum absolute atomic E-state index is 0.0707. The molecule has 41 heavy (non-hydrogen) atoms. The van der Waals surface area contributed by atoms with Gasteiger partial charge in [0.05, 0.1) is 11.4 Å². The summed E-state index contributed by atoms with van der Waals surface area (Å²) in [4.78, 5) is 25.4.